The van der Waals surface area contributed by atoms with Gasteiger partial charge in [0.2, 0.25) is 0 Å². The second-order valence-corrected chi connectivity index (χ2v) is 6.49. The van der Waals surface area contributed by atoms with Crippen LogP contribution in [0.1, 0.15) is 59.9 Å². The summed E-state index contributed by atoms with van der Waals surface area (Å²) >= 11 is 0. The molecule has 0 heterocycles. The van der Waals surface area contributed by atoms with Crippen LogP contribution in [-0.2, 0) is 6.54 Å². The van der Waals surface area contributed by atoms with E-state index in [2.05, 4.69) is 70.0 Å². The molecule has 0 saturated carbocycles. The van der Waals surface area contributed by atoms with E-state index in [-0.39, 0.29) is 6.10 Å². The van der Waals surface area contributed by atoms with Crippen LogP contribution >= 0.6 is 0 Å². The van der Waals surface area contributed by atoms with Crippen molar-refractivity contribution in [2.45, 2.75) is 73.1 Å². The van der Waals surface area contributed by atoms with Gasteiger partial charge in [0.15, 0.2) is 0 Å². The molecule has 0 bridgehead atoms. The number of nitrogens with zero attached hydrogens (tertiary/aromatic N) is 1. The summed E-state index contributed by atoms with van der Waals surface area (Å²) in [5, 5.41) is 3.47. The topological polar surface area (TPSA) is 24.5 Å². The zero-order chi connectivity index (χ0) is 16.5. The first-order valence-electron chi connectivity index (χ1n) is 8.75. The highest BCUT2D eigenvalue weighted by Crippen LogP contribution is 2.31. The molecule has 126 valence electrons. The van der Waals surface area contributed by atoms with E-state index in [0.29, 0.717) is 6.04 Å². The zero-order valence-electron chi connectivity index (χ0n) is 15.3. The van der Waals surface area contributed by atoms with Crippen molar-refractivity contribution in [3.05, 3.63) is 23.8 Å². The SMILES string of the molecule is CCCN(CCC)c1ccc(CNC(C)C)cc1OC(C)C. The van der Waals surface area contributed by atoms with Gasteiger partial charge in [0.1, 0.15) is 5.75 Å². The lowest BCUT2D eigenvalue weighted by atomic mass is 10.1. The second kappa shape index (κ2) is 9.73. The van der Waals surface area contributed by atoms with E-state index in [9.17, 15) is 0 Å². The molecular weight excluding hydrogens is 272 g/mol. The molecule has 1 aromatic carbocycles. The van der Waals surface area contributed by atoms with Gasteiger partial charge in [-0.2, -0.15) is 0 Å². The van der Waals surface area contributed by atoms with Gasteiger partial charge in [-0.15, -0.1) is 0 Å². The molecule has 3 nitrogen and oxygen atoms in total. The highest BCUT2D eigenvalue weighted by atomic mass is 16.5. The standard InChI is InChI=1S/C19H34N2O/c1-7-11-21(12-8-2)18-10-9-17(14-20-15(3)4)13-19(18)22-16(5)6/h9-10,13,15-16,20H,7-8,11-12,14H2,1-6H3. The van der Waals surface area contributed by atoms with Crippen LogP contribution in [0.4, 0.5) is 5.69 Å². The fraction of sp³-hybridized carbons (Fsp3) is 0.684. The minimum atomic E-state index is 0.192. The third-order valence-corrected chi connectivity index (χ3v) is 3.43. The first-order chi connectivity index (χ1) is 10.5. The van der Waals surface area contributed by atoms with Gasteiger partial charge >= 0.3 is 0 Å². The summed E-state index contributed by atoms with van der Waals surface area (Å²) in [6.07, 6.45) is 2.49. The first kappa shape index (κ1) is 18.8. The first-order valence-corrected chi connectivity index (χ1v) is 8.75. The van der Waals surface area contributed by atoms with Gasteiger partial charge in [0, 0.05) is 25.7 Å². The Bertz CT molecular complexity index is 423. The zero-order valence-corrected chi connectivity index (χ0v) is 15.3. The molecule has 0 fully saturated rings. The van der Waals surface area contributed by atoms with Crippen molar-refractivity contribution in [3.8, 4) is 5.75 Å². The van der Waals surface area contributed by atoms with Crippen molar-refractivity contribution >= 4 is 5.69 Å². The van der Waals surface area contributed by atoms with Crippen molar-refractivity contribution < 1.29 is 4.74 Å². The fourth-order valence-electron chi connectivity index (χ4n) is 2.49. The quantitative estimate of drug-likeness (QED) is 0.684. The van der Waals surface area contributed by atoms with E-state index in [0.717, 1.165) is 38.2 Å². The van der Waals surface area contributed by atoms with Crippen LogP contribution in [0.25, 0.3) is 0 Å². The second-order valence-electron chi connectivity index (χ2n) is 6.49. The number of anilines is 1. The monoisotopic (exact) mass is 306 g/mol. The number of ether oxygens (including phenoxy) is 1. The number of rotatable bonds is 10. The smallest absolute Gasteiger partial charge is 0.143 e. The molecule has 0 aliphatic carbocycles. The van der Waals surface area contributed by atoms with Gasteiger partial charge in [0.05, 0.1) is 11.8 Å². The van der Waals surface area contributed by atoms with Crippen molar-refractivity contribution in [1.82, 2.24) is 5.32 Å². The molecule has 0 spiro atoms. The molecular formula is C19H34N2O. The Hall–Kier alpha value is -1.22. The van der Waals surface area contributed by atoms with Crippen LogP contribution < -0.4 is 15.0 Å². The number of nitrogens with one attached hydrogen (secondary N) is 1. The lowest BCUT2D eigenvalue weighted by Gasteiger charge is -2.27. The highest BCUT2D eigenvalue weighted by molar-refractivity contribution is 5.60. The van der Waals surface area contributed by atoms with Crippen molar-refractivity contribution in [2.75, 3.05) is 18.0 Å². The summed E-state index contributed by atoms with van der Waals surface area (Å²) < 4.78 is 6.10. The average Bonchev–Trinajstić information content (AvgIpc) is 2.44. The van der Waals surface area contributed by atoms with Crippen molar-refractivity contribution in [2.24, 2.45) is 0 Å². The lowest BCUT2D eigenvalue weighted by Crippen LogP contribution is -2.26. The maximum absolute atomic E-state index is 6.10. The summed E-state index contributed by atoms with van der Waals surface area (Å²) in [5.41, 5.74) is 2.51. The summed E-state index contributed by atoms with van der Waals surface area (Å²) in [4.78, 5) is 2.44. The van der Waals surface area contributed by atoms with Crippen LogP contribution in [0.3, 0.4) is 0 Å². The van der Waals surface area contributed by atoms with Crippen molar-refractivity contribution in [3.63, 3.8) is 0 Å². The summed E-state index contributed by atoms with van der Waals surface area (Å²) in [5.74, 6) is 1.01. The van der Waals surface area contributed by atoms with E-state index in [1.54, 1.807) is 0 Å². The molecule has 0 atom stereocenters. The molecule has 1 N–H and O–H groups in total. The Morgan fingerprint density at radius 1 is 1.05 bits per heavy atom. The van der Waals surface area contributed by atoms with Gasteiger partial charge in [-0.25, -0.2) is 0 Å². The summed E-state index contributed by atoms with van der Waals surface area (Å²) in [7, 11) is 0. The molecule has 1 rings (SSSR count). The maximum atomic E-state index is 6.10. The molecule has 0 amide bonds. The van der Waals surface area contributed by atoms with E-state index >= 15 is 0 Å². The molecule has 1 aromatic rings. The normalized spacial score (nSPS) is 11.3. The van der Waals surface area contributed by atoms with Crippen LogP contribution in [0.2, 0.25) is 0 Å². The third-order valence-electron chi connectivity index (χ3n) is 3.43. The van der Waals surface area contributed by atoms with E-state index in [4.69, 9.17) is 4.74 Å². The van der Waals surface area contributed by atoms with Gasteiger partial charge in [-0.05, 0) is 44.4 Å². The van der Waals surface area contributed by atoms with Crippen LogP contribution in [-0.4, -0.2) is 25.2 Å². The number of hydrogen-bond acceptors (Lipinski definition) is 3. The van der Waals surface area contributed by atoms with Crippen molar-refractivity contribution in [1.29, 1.82) is 0 Å². The summed E-state index contributed by atoms with van der Waals surface area (Å²) in [6, 6.07) is 7.13. The highest BCUT2D eigenvalue weighted by Gasteiger charge is 2.13. The van der Waals surface area contributed by atoms with Gasteiger partial charge in [0.25, 0.3) is 0 Å². The van der Waals surface area contributed by atoms with E-state index < -0.39 is 0 Å². The lowest BCUT2D eigenvalue weighted by molar-refractivity contribution is 0.242. The van der Waals surface area contributed by atoms with Gasteiger partial charge in [-0.3, -0.25) is 0 Å². The number of hydrogen-bond donors (Lipinski definition) is 1. The Balaban J connectivity index is 3.02. The number of benzene rings is 1. The minimum absolute atomic E-state index is 0.192. The van der Waals surface area contributed by atoms with E-state index in [1.165, 1.54) is 11.3 Å². The van der Waals surface area contributed by atoms with Crippen LogP contribution in [0, 0.1) is 0 Å². The Morgan fingerprint density at radius 3 is 2.18 bits per heavy atom. The molecule has 0 unspecified atom stereocenters. The Labute approximate surface area is 137 Å². The molecule has 0 aromatic heterocycles. The van der Waals surface area contributed by atoms with Crippen LogP contribution in [0.5, 0.6) is 5.75 Å². The predicted octanol–water partition coefficient (Wildman–Crippen LogP) is 4.60. The largest absolute Gasteiger partial charge is 0.489 e. The average molecular weight is 306 g/mol. The molecule has 0 aliphatic heterocycles. The fourth-order valence-corrected chi connectivity index (χ4v) is 2.49. The summed E-state index contributed by atoms with van der Waals surface area (Å²) in [6.45, 7) is 16.0. The van der Waals surface area contributed by atoms with Gasteiger partial charge < -0.3 is 15.0 Å². The van der Waals surface area contributed by atoms with Crippen LogP contribution in [0.15, 0.2) is 18.2 Å². The van der Waals surface area contributed by atoms with Gasteiger partial charge in [-0.1, -0.05) is 33.8 Å². The third kappa shape index (κ3) is 6.27. The molecule has 0 aliphatic rings. The minimum Gasteiger partial charge on any atom is -0.489 e. The molecule has 3 heteroatoms. The molecule has 0 saturated heterocycles. The Morgan fingerprint density at radius 2 is 1.68 bits per heavy atom. The molecule has 22 heavy (non-hydrogen) atoms. The maximum Gasteiger partial charge on any atom is 0.143 e. The van der Waals surface area contributed by atoms with E-state index in [1.807, 2.05) is 0 Å². The molecule has 0 radical (unpaired) electrons. The predicted molar refractivity (Wildman–Crippen MR) is 97.0 cm³/mol. The Kier molecular flexibility index (Phi) is 8.32.